The van der Waals surface area contributed by atoms with Gasteiger partial charge in [-0.2, -0.15) is 0 Å². The van der Waals surface area contributed by atoms with Gasteiger partial charge in [-0.1, -0.05) is 18.2 Å². The summed E-state index contributed by atoms with van der Waals surface area (Å²) < 4.78 is 25.4. The molecule has 0 saturated heterocycles. The summed E-state index contributed by atoms with van der Waals surface area (Å²) in [7, 11) is -3.69. The molecule has 8 nitrogen and oxygen atoms in total. The summed E-state index contributed by atoms with van der Waals surface area (Å²) in [5.41, 5.74) is 7.69. The standard InChI is InChI=1S/C22H17N5O3S/c23-21(28)16-4-8-17(9-5-16)26-22-25-14-12-19(27-22)15-6-10-18(11-7-15)31(29,30)20-3-1-2-13-24-20/h1-14H,(H2,23,28)(H,25,26,27). The number of rotatable bonds is 6. The Kier molecular flexibility index (Phi) is 5.42. The first-order valence-corrected chi connectivity index (χ1v) is 10.7. The summed E-state index contributed by atoms with van der Waals surface area (Å²) in [6.45, 7) is 0. The van der Waals surface area contributed by atoms with Crippen molar-refractivity contribution in [3.05, 3.63) is 90.8 Å². The summed E-state index contributed by atoms with van der Waals surface area (Å²) in [6, 6.07) is 19.5. The summed E-state index contributed by atoms with van der Waals surface area (Å²) >= 11 is 0. The van der Waals surface area contributed by atoms with Crippen molar-refractivity contribution in [1.82, 2.24) is 15.0 Å². The molecule has 1 amide bonds. The number of primary amides is 1. The molecule has 2 heterocycles. The van der Waals surface area contributed by atoms with Crippen LogP contribution in [0.15, 0.2) is 95.1 Å². The van der Waals surface area contributed by atoms with Crippen LogP contribution in [-0.4, -0.2) is 29.3 Å². The van der Waals surface area contributed by atoms with Gasteiger partial charge in [0, 0.05) is 29.2 Å². The largest absolute Gasteiger partial charge is 0.366 e. The number of hydrogen-bond donors (Lipinski definition) is 2. The van der Waals surface area contributed by atoms with E-state index in [1.807, 2.05) is 0 Å². The molecule has 0 aliphatic carbocycles. The van der Waals surface area contributed by atoms with E-state index in [0.29, 0.717) is 22.9 Å². The summed E-state index contributed by atoms with van der Waals surface area (Å²) in [5.74, 6) is -0.146. The van der Waals surface area contributed by atoms with Crippen LogP contribution in [0.4, 0.5) is 11.6 Å². The maximum atomic E-state index is 12.7. The number of pyridine rings is 1. The zero-order valence-electron chi connectivity index (χ0n) is 16.1. The molecular formula is C22H17N5O3S. The van der Waals surface area contributed by atoms with Crippen LogP contribution in [0.1, 0.15) is 10.4 Å². The lowest BCUT2D eigenvalue weighted by Crippen LogP contribution is -2.10. The highest BCUT2D eigenvalue weighted by Gasteiger charge is 2.18. The lowest BCUT2D eigenvalue weighted by Gasteiger charge is -2.08. The predicted octanol–water partition coefficient (Wildman–Crippen LogP) is 3.21. The first-order chi connectivity index (χ1) is 14.9. The number of hydrogen-bond acceptors (Lipinski definition) is 7. The molecule has 0 atom stereocenters. The van der Waals surface area contributed by atoms with E-state index in [1.54, 1.807) is 60.8 Å². The lowest BCUT2D eigenvalue weighted by molar-refractivity contribution is 0.100. The monoisotopic (exact) mass is 431 g/mol. The van der Waals surface area contributed by atoms with Crippen LogP contribution in [-0.2, 0) is 9.84 Å². The van der Waals surface area contributed by atoms with Crippen LogP contribution in [0.2, 0.25) is 0 Å². The molecule has 0 aliphatic rings. The van der Waals surface area contributed by atoms with Crippen LogP contribution in [0.5, 0.6) is 0 Å². The molecule has 0 radical (unpaired) electrons. The topological polar surface area (TPSA) is 128 Å². The van der Waals surface area contributed by atoms with E-state index in [0.717, 1.165) is 5.56 Å². The molecule has 31 heavy (non-hydrogen) atoms. The Labute approximate surface area is 178 Å². The number of aromatic nitrogens is 3. The molecule has 4 aromatic rings. The number of nitrogens with one attached hydrogen (secondary N) is 1. The van der Waals surface area contributed by atoms with Crippen molar-refractivity contribution in [2.75, 3.05) is 5.32 Å². The van der Waals surface area contributed by atoms with Crippen molar-refractivity contribution in [2.24, 2.45) is 5.73 Å². The van der Waals surface area contributed by atoms with Gasteiger partial charge in [0.2, 0.25) is 21.7 Å². The molecule has 2 aromatic carbocycles. The maximum absolute atomic E-state index is 12.7. The number of nitrogens with two attached hydrogens (primary N) is 1. The second kappa shape index (κ2) is 8.33. The Bertz CT molecular complexity index is 1320. The molecule has 9 heteroatoms. The first-order valence-electron chi connectivity index (χ1n) is 9.20. The van der Waals surface area contributed by atoms with Crippen molar-refractivity contribution >= 4 is 27.4 Å². The van der Waals surface area contributed by atoms with Gasteiger partial charge in [0.05, 0.1) is 10.6 Å². The van der Waals surface area contributed by atoms with Gasteiger partial charge in [-0.25, -0.2) is 23.4 Å². The maximum Gasteiger partial charge on any atom is 0.248 e. The number of carbonyl (C=O) groups excluding carboxylic acids is 1. The number of carbonyl (C=O) groups is 1. The molecule has 2 aromatic heterocycles. The fourth-order valence-corrected chi connectivity index (χ4v) is 4.05. The van der Waals surface area contributed by atoms with Gasteiger partial charge < -0.3 is 11.1 Å². The van der Waals surface area contributed by atoms with Gasteiger partial charge >= 0.3 is 0 Å². The van der Waals surface area contributed by atoms with Crippen LogP contribution in [0.25, 0.3) is 11.3 Å². The van der Waals surface area contributed by atoms with Crippen LogP contribution >= 0.6 is 0 Å². The molecule has 0 spiro atoms. The molecule has 154 valence electrons. The highest BCUT2D eigenvalue weighted by Crippen LogP contribution is 2.24. The van der Waals surface area contributed by atoms with Crippen molar-refractivity contribution in [1.29, 1.82) is 0 Å². The van der Waals surface area contributed by atoms with Gasteiger partial charge in [0.15, 0.2) is 5.03 Å². The summed E-state index contributed by atoms with van der Waals surface area (Å²) in [4.78, 5) is 23.9. The Morgan fingerprint density at radius 1 is 0.839 bits per heavy atom. The van der Waals surface area contributed by atoms with E-state index >= 15 is 0 Å². The van der Waals surface area contributed by atoms with Gasteiger partial charge in [-0.3, -0.25) is 4.79 Å². The predicted molar refractivity (Wildman–Crippen MR) is 115 cm³/mol. The normalized spacial score (nSPS) is 11.1. The fraction of sp³-hybridized carbons (Fsp3) is 0. The van der Waals surface area contributed by atoms with E-state index in [-0.39, 0.29) is 9.92 Å². The second-order valence-electron chi connectivity index (χ2n) is 6.53. The Morgan fingerprint density at radius 2 is 1.58 bits per heavy atom. The minimum absolute atomic E-state index is 0.00127. The van der Waals surface area contributed by atoms with E-state index in [1.165, 1.54) is 24.4 Å². The minimum atomic E-state index is -3.69. The molecule has 3 N–H and O–H groups in total. The molecule has 4 rings (SSSR count). The van der Waals surface area contributed by atoms with Gasteiger partial charge in [0.1, 0.15) is 0 Å². The molecule has 0 aliphatic heterocycles. The van der Waals surface area contributed by atoms with Gasteiger partial charge in [-0.15, -0.1) is 0 Å². The second-order valence-corrected chi connectivity index (χ2v) is 8.42. The summed E-state index contributed by atoms with van der Waals surface area (Å²) in [5, 5.41) is 3.06. The van der Waals surface area contributed by atoms with E-state index in [2.05, 4.69) is 20.3 Å². The Hall–Kier alpha value is -4.11. The quantitative estimate of drug-likeness (QED) is 0.480. The third-order valence-corrected chi connectivity index (χ3v) is 6.14. The smallest absolute Gasteiger partial charge is 0.248 e. The summed E-state index contributed by atoms with van der Waals surface area (Å²) in [6.07, 6.45) is 3.04. The van der Waals surface area contributed by atoms with Gasteiger partial charge in [-0.05, 0) is 54.6 Å². The number of amides is 1. The minimum Gasteiger partial charge on any atom is -0.366 e. The van der Waals surface area contributed by atoms with Crippen LogP contribution in [0.3, 0.4) is 0 Å². The van der Waals surface area contributed by atoms with E-state index in [4.69, 9.17) is 5.73 Å². The zero-order valence-corrected chi connectivity index (χ0v) is 17.0. The zero-order chi connectivity index (χ0) is 21.8. The molecule has 0 unspecified atom stereocenters. The third-order valence-electron chi connectivity index (χ3n) is 4.45. The molecular weight excluding hydrogens is 414 g/mol. The number of anilines is 2. The average Bonchev–Trinajstić information content (AvgIpc) is 2.80. The van der Waals surface area contributed by atoms with Crippen LogP contribution in [0, 0.1) is 0 Å². The highest BCUT2D eigenvalue weighted by atomic mass is 32.2. The number of benzene rings is 2. The Balaban J connectivity index is 1.56. The fourth-order valence-electron chi connectivity index (χ4n) is 2.86. The van der Waals surface area contributed by atoms with E-state index < -0.39 is 15.7 Å². The van der Waals surface area contributed by atoms with Crippen molar-refractivity contribution in [2.45, 2.75) is 9.92 Å². The van der Waals surface area contributed by atoms with Crippen molar-refractivity contribution < 1.29 is 13.2 Å². The molecule has 0 bridgehead atoms. The van der Waals surface area contributed by atoms with Crippen LogP contribution < -0.4 is 11.1 Å². The van der Waals surface area contributed by atoms with Crippen molar-refractivity contribution in [3.63, 3.8) is 0 Å². The molecule has 0 saturated carbocycles. The number of sulfone groups is 1. The SMILES string of the molecule is NC(=O)c1ccc(Nc2nccc(-c3ccc(S(=O)(=O)c4ccccn4)cc3)n2)cc1. The average molecular weight is 431 g/mol. The van der Waals surface area contributed by atoms with E-state index in [9.17, 15) is 13.2 Å². The first kappa shape index (κ1) is 20.2. The highest BCUT2D eigenvalue weighted by molar-refractivity contribution is 7.91. The van der Waals surface area contributed by atoms with Crippen molar-refractivity contribution in [3.8, 4) is 11.3 Å². The molecule has 0 fully saturated rings. The number of nitrogens with zero attached hydrogens (tertiary/aromatic N) is 3. The third kappa shape index (κ3) is 4.41. The van der Waals surface area contributed by atoms with Gasteiger partial charge in [0.25, 0.3) is 0 Å². The Morgan fingerprint density at radius 3 is 2.23 bits per heavy atom. The lowest BCUT2D eigenvalue weighted by atomic mass is 10.1.